The average molecular weight is 483 g/mol. The summed E-state index contributed by atoms with van der Waals surface area (Å²) in [5.74, 6) is 0.145. The van der Waals surface area contributed by atoms with Crippen LogP contribution >= 0.6 is 27.1 Å². The van der Waals surface area contributed by atoms with E-state index in [1.54, 1.807) is 6.26 Å². The molecule has 2 aromatic heterocycles. The van der Waals surface area contributed by atoms with Gasteiger partial charge in [-0.25, -0.2) is 23.8 Å². The van der Waals surface area contributed by atoms with E-state index in [0.717, 1.165) is 14.7 Å². The summed E-state index contributed by atoms with van der Waals surface area (Å²) in [5, 5.41) is 21.1. The predicted molar refractivity (Wildman–Crippen MR) is 107 cm³/mol. The number of aliphatic hydroxyl groups is 2. The van der Waals surface area contributed by atoms with E-state index in [9.17, 15) is 24.2 Å². The Labute approximate surface area is 175 Å². The van der Waals surface area contributed by atoms with E-state index >= 15 is 0 Å². The average Bonchev–Trinajstić information content (AvgIpc) is 3.21. The first-order valence-corrected chi connectivity index (χ1v) is 13.1. The number of aliphatic hydroxyl groups excluding tert-OH is 2. The second-order valence-corrected chi connectivity index (χ2v) is 10.8. The Balaban J connectivity index is 1.78. The van der Waals surface area contributed by atoms with Crippen LogP contribution in [0.1, 0.15) is 6.23 Å². The van der Waals surface area contributed by atoms with Crippen molar-refractivity contribution in [2.45, 2.75) is 29.7 Å². The molecule has 0 spiro atoms. The molecule has 0 aromatic carbocycles. The highest BCUT2D eigenvalue weighted by atomic mass is 32.2. The number of hydrogen-bond acceptors (Lipinski definition) is 13. The van der Waals surface area contributed by atoms with Gasteiger partial charge in [0, 0.05) is 7.11 Å². The molecule has 1 fully saturated rings. The van der Waals surface area contributed by atoms with Crippen LogP contribution in [0.3, 0.4) is 0 Å². The largest absolute Gasteiger partial charge is 0.478 e. The summed E-state index contributed by atoms with van der Waals surface area (Å²) in [6, 6.07) is 0. The quantitative estimate of drug-likeness (QED) is 0.158. The normalized spacial score (nSPS) is 28.4. The third kappa shape index (κ3) is 4.88. The van der Waals surface area contributed by atoms with Gasteiger partial charge in [0.25, 0.3) is 15.0 Å². The molecule has 1 aliphatic rings. The molecule has 0 bridgehead atoms. The van der Waals surface area contributed by atoms with Crippen LogP contribution in [0.4, 0.5) is 5.82 Å². The molecule has 6 atom stereocenters. The maximum Gasteiger partial charge on any atom is 0.478 e. The summed E-state index contributed by atoms with van der Waals surface area (Å²) >= 11 is 1.26. The van der Waals surface area contributed by atoms with Crippen molar-refractivity contribution < 1.29 is 42.3 Å². The first kappa shape index (κ1) is 23.6. The Hall–Kier alpha value is -1.06. The smallest absolute Gasteiger partial charge is 0.387 e. The number of fused-ring (bicyclic) bond motifs is 1. The van der Waals surface area contributed by atoms with Crippen LogP contribution < -0.4 is 5.73 Å². The first-order valence-electron chi connectivity index (χ1n) is 8.35. The lowest BCUT2D eigenvalue weighted by molar-refractivity contribution is -0.0479. The molecule has 1 saturated heterocycles. The van der Waals surface area contributed by atoms with Crippen LogP contribution in [0, 0.1) is 0 Å². The lowest BCUT2D eigenvalue weighted by atomic mass is 10.1. The predicted octanol–water partition coefficient (Wildman–Crippen LogP) is -0.729. The molecule has 18 heteroatoms. The molecule has 3 heterocycles. The zero-order valence-electron chi connectivity index (χ0n) is 16.1. The molecule has 14 nitrogen and oxygen atoms in total. The second kappa shape index (κ2) is 8.83. The molecular weight excluding hydrogens is 463 g/mol. The number of thioether (sulfide) groups is 1. The third-order valence-corrected chi connectivity index (χ3v) is 7.82. The fraction of sp³-hybridized carbons (Fsp3) is 0.583. The topological polar surface area (TPSA) is 201 Å². The lowest BCUT2D eigenvalue weighted by Crippen LogP contribution is -2.33. The number of phosphoric ester groups is 1. The number of aromatic nitrogens is 4. The summed E-state index contributed by atoms with van der Waals surface area (Å²) in [5.41, 5.74) is 6.46. The van der Waals surface area contributed by atoms with Crippen molar-refractivity contribution in [1.82, 2.24) is 19.5 Å². The molecule has 166 valence electrons. The van der Waals surface area contributed by atoms with E-state index in [0.29, 0.717) is 10.7 Å². The van der Waals surface area contributed by atoms with Gasteiger partial charge in [-0.05, 0) is 6.26 Å². The molecule has 1 aliphatic heterocycles. The summed E-state index contributed by atoms with van der Waals surface area (Å²) in [4.78, 5) is 21.8. The van der Waals surface area contributed by atoms with Gasteiger partial charge in [0.05, 0.1) is 12.9 Å². The molecule has 5 N–H and O–H groups in total. The highest BCUT2D eigenvalue weighted by Crippen LogP contribution is 2.59. The zero-order chi connectivity index (χ0) is 22.3. The van der Waals surface area contributed by atoms with Crippen molar-refractivity contribution in [3.05, 3.63) is 6.33 Å². The summed E-state index contributed by atoms with van der Waals surface area (Å²) in [6.45, 7) is -0.508. The van der Waals surface area contributed by atoms with Crippen LogP contribution in [-0.2, 0) is 27.2 Å². The van der Waals surface area contributed by atoms with E-state index in [4.69, 9.17) is 15.0 Å². The maximum absolute atomic E-state index is 12.2. The number of imidazole rings is 1. The Kier molecular flexibility index (Phi) is 6.94. The Bertz CT molecular complexity index is 1030. The molecule has 3 rings (SSSR count). The highest BCUT2D eigenvalue weighted by Gasteiger charge is 2.45. The number of nitrogen functional groups attached to an aromatic ring is 1. The molecule has 0 radical (unpaired) electrons. The molecule has 0 saturated carbocycles. The van der Waals surface area contributed by atoms with E-state index in [2.05, 4.69) is 23.8 Å². The molecule has 0 amide bonds. The molecule has 0 aliphatic carbocycles. The fourth-order valence-corrected chi connectivity index (χ4v) is 5.48. The Morgan fingerprint density at radius 3 is 2.70 bits per heavy atom. The number of nitrogens with zero attached hydrogens (tertiary/aromatic N) is 4. The number of nitrogens with two attached hydrogens (primary N) is 1. The van der Waals surface area contributed by atoms with Gasteiger partial charge in [-0.1, -0.05) is 11.8 Å². The molecule has 6 unspecified atom stereocenters. The van der Waals surface area contributed by atoms with Crippen LogP contribution in [0.2, 0.25) is 0 Å². The van der Waals surface area contributed by atoms with Gasteiger partial charge in [0.2, 0.25) is 0 Å². The lowest BCUT2D eigenvalue weighted by Gasteiger charge is -2.20. The number of rotatable bonds is 8. The van der Waals surface area contributed by atoms with Gasteiger partial charge in [-0.3, -0.25) is 13.7 Å². The van der Waals surface area contributed by atoms with Crippen molar-refractivity contribution in [3.63, 3.8) is 0 Å². The number of hydrogen-bond donors (Lipinski definition) is 4. The van der Waals surface area contributed by atoms with Crippen LogP contribution in [0.15, 0.2) is 11.5 Å². The second-order valence-electron chi connectivity index (χ2n) is 6.27. The number of ether oxygens (including phenoxy) is 1. The highest BCUT2D eigenvalue weighted by molar-refractivity contribution is 7.98. The van der Waals surface area contributed by atoms with E-state index < -0.39 is 46.4 Å². The third-order valence-electron chi connectivity index (χ3n) is 4.18. The molecular formula is C12H20BN5O9P2S. The monoisotopic (exact) mass is 483 g/mol. The number of anilines is 1. The van der Waals surface area contributed by atoms with Gasteiger partial charge in [0.15, 0.2) is 22.8 Å². The minimum absolute atomic E-state index is 0.145. The van der Waals surface area contributed by atoms with Crippen molar-refractivity contribution in [3.8, 4) is 0 Å². The fourth-order valence-electron chi connectivity index (χ4n) is 2.74. The van der Waals surface area contributed by atoms with Gasteiger partial charge in [-0.2, -0.15) is 0 Å². The summed E-state index contributed by atoms with van der Waals surface area (Å²) in [7, 11) is -6.73. The summed E-state index contributed by atoms with van der Waals surface area (Å²) < 4.78 is 44.4. The zero-order valence-corrected chi connectivity index (χ0v) is 18.7. The van der Waals surface area contributed by atoms with Crippen molar-refractivity contribution in [1.29, 1.82) is 0 Å². The van der Waals surface area contributed by atoms with Gasteiger partial charge >= 0.3 is 7.82 Å². The Morgan fingerprint density at radius 2 is 2.07 bits per heavy atom. The van der Waals surface area contributed by atoms with E-state index in [1.165, 1.54) is 22.7 Å². The van der Waals surface area contributed by atoms with Crippen molar-refractivity contribution in [2.24, 2.45) is 0 Å². The van der Waals surface area contributed by atoms with Gasteiger partial charge < -0.3 is 30.1 Å². The Morgan fingerprint density at radius 1 is 1.37 bits per heavy atom. The summed E-state index contributed by atoms with van der Waals surface area (Å²) in [6.07, 6.45) is -2.00. The number of phosphoric acid groups is 1. The van der Waals surface area contributed by atoms with E-state index in [-0.39, 0.29) is 11.5 Å². The van der Waals surface area contributed by atoms with Crippen molar-refractivity contribution in [2.75, 3.05) is 25.7 Å². The minimum atomic E-state index is -4.56. The van der Waals surface area contributed by atoms with Gasteiger partial charge in [-0.15, -0.1) is 0 Å². The van der Waals surface area contributed by atoms with Crippen molar-refractivity contribution >= 4 is 51.6 Å². The molecule has 30 heavy (non-hydrogen) atoms. The SMILES string of the molecule is BP(=O)(OCC1OC(n2cnc3c(N)nc(SC)nc32)C(O)C1O)OP(=O)(O)OC. The maximum atomic E-state index is 12.2. The standard InChI is InChI=1S/C12H20BN5O9P2S/c1-24-29(22,23)27-28(13,21)25-3-5-7(19)8(20)11(26-5)18-4-15-6-9(14)16-12(30-2)17-10(6)18/h4-5,7-8,11,19-20H,3,13H2,1-2H3,(H,22,23)(H2,14,16,17). The first-order chi connectivity index (χ1) is 14.0. The minimum Gasteiger partial charge on any atom is -0.387 e. The van der Waals surface area contributed by atoms with Crippen LogP contribution in [0.5, 0.6) is 0 Å². The van der Waals surface area contributed by atoms with Crippen LogP contribution in [0.25, 0.3) is 11.2 Å². The van der Waals surface area contributed by atoms with Gasteiger partial charge in [0.1, 0.15) is 23.8 Å². The van der Waals surface area contributed by atoms with Crippen LogP contribution in [-0.4, -0.2) is 80.5 Å². The molecule has 2 aromatic rings. The van der Waals surface area contributed by atoms with E-state index in [1.807, 2.05) is 0 Å².